The number of nitrogens with zero attached hydrogens (tertiary/aromatic N) is 2. The maximum atomic E-state index is 12.3. The van der Waals surface area contributed by atoms with Crippen molar-refractivity contribution in [3.63, 3.8) is 0 Å². The molecule has 1 saturated carbocycles. The van der Waals surface area contributed by atoms with E-state index in [0.29, 0.717) is 17.7 Å². The van der Waals surface area contributed by atoms with E-state index in [9.17, 15) is 4.79 Å². The van der Waals surface area contributed by atoms with Crippen molar-refractivity contribution >= 4 is 5.91 Å². The van der Waals surface area contributed by atoms with Crippen LogP contribution in [0, 0.1) is 11.8 Å². The van der Waals surface area contributed by atoms with Crippen molar-refractivity contribution in [1.29, 1.82) is 0 Å². The summed E-state index contributed by atoms with van der Waals surface area (Å²) >= 11 is 0. The van der Waals surface area contributed by atoms with Gasteiger partial charge in [-0.2, -0.15) is 0 Å². The van der Waals surface area contributed by atoms with Crippen LogP contribution in [0.2, 0.25) is 0 Å². The fourth-order valence-electron chi connectivity index (χ4n) is 3.62. The van der Waals surface area contributed by atoms with Crippen LogP contribution >= 0.6 is 0 Å². The minimum Gasteiger partial charge on any atom is -0.493 e. The summed E-state index contributed by atoms with van der Waals surface area (Å²) in [6.07, 6.45) is 2.13. The van der Waals surface area contributed by atoms with E-state index in [2.05, 4.69) is 34.9 Å². The zero-order valence-electron chi connectivity index (χ0n) is 13.3. The molecule has 2 atom stereocenters. The lowest BCUT2D eigenvalue weighted by atomic mass is 10.1. The lowest BCUT2D eigenvalue weighted by Crippen LogP contribution is -2.48. The summed E-state index contributed by atoms with van der Waals surface area (Å²) in [7, 11) is 0. The molecule has 4 heteroatoms. The van der Waals surface area contributed by atoms with Gasteiger partial charge in [0.05, 0.1) is 6.61 Å². The average molecular weight is 300 g/mol. The summed E-state index contributed by atoms with van der Waals surface area (Å²) in [5.41, 5.74) is 2.70. The summed E-state index contributed by atoms with van der Waals surface area (Å²) < 4.78 is 5.56. The maximum absolute atomic E-state index is 12.3. The normalized spacial score (nSPS) is 27.4. The molecule has 4 nitrogen and oxygen atoms in total. The fraction of sp³-hybridized carbons (Fsp3) is 0.611. The molecule has 2 heterocycles. The highest BCUT2D eigenvalue weighted by Gasteiger charge is 2.41. The van der Waals surface area contributed by atoms with Crippen molar-refractivity contribution in [2.45, 2.75) is 26.3 Å². The Balaban J connectivity index is 1.31. The number of ether oxygens (including phenoxy) is 1. The fourth-order valence-corrected chi connectivity index (χ4v) is 3.62. The smallest absolute Gasteiger partial charge is 0.226 e. The van der Waals surface area contributed by atoms with E-state index in [0.717, 1.165) is 57.9 Å². The third kappa shape index (κ3) is 2.72. The SMILES string of the molecule is C[C@H]1C[C@H]1C(=O)N1CCN(Cc2ccc3c(c2)CCO3)CC1. The standard InChI is InChI=1S/C18H24N2O2/c1-13-10-16(13)18(21)20-7-5-19(6-8-20)12-14-2-3-17-15(11-14)4-9-22-17/h2-3,11,13,16H,4-10,12H2,1H3/t13-,16+/m0/s1. The molecular weight excluding hydrogens is 276 g/mol. The first kappa shape index (κ1) is 14.1. The van der Waals surface area contributed by atoms with E-state index in [1.165, 1.54) is 11.1 Å². The molecule has 1 aromatic rings. The highest BCUT2D eigenvalue weighted by atomic mass is 16.5. The second-order valence-electron chi connectivity index (χ2n) is 6.96. The zero-order valence-corrected chi connectivity index (χ0v) is 13.3. The number of carbonyl (C=O) groups excluding carboxylic acids is 1. The van der Waals surface area contributed by atoms with Gasteiger partial charge in [-0.1, -0.05) is 19.1 Å². The summed E-state index contributed by atoms with van der Waals surface area (Å²) in [5.74, 6) is 2.38. The van der Waals surface area contributed by atoms with Crippen LogP contribution in [0.15, 0.2) is 18.2 Å². The van der Waals surface area contributed by atoms with E-state index in [1.54, 1.807) is 0 Å². The Morgan fingerprint density at radius 1 is 1.27 bits per heavy atom. The first-order valence-corrected chi connectivity index (χ1v) is 8.46. The summed E-state index contributed by atoms with van der Waals surface area (Å²) in [6.45, 7) is 7.72. The molecule has 1 aromatic carbocycles. The lowest BCUT2D eigenvalue weighted by molar-refractivity contribution is -0.134. The Kier molecular flexibility index (Phi) is 3.57. The molecule has 2 fully saturated rings. The molecule has 1 aliphatic carbocycles. The minimum atomic E-state index is 0.322. The van der Waals surface area contributed by atoms with Crippen molar-refractivity contribution in [3.8, 4) is 5.75 Å². The lowest BCUT2D eigenvalue weighted by Gasteiger charge is -2.35. The second-order valence-corrected chi connectivity index (χ2v) is 6.96. The van der Waals surface area contributed by atoms with Gasteiger partial charge in [0.2, 0.25) is 5.91 Å². The molecule has 2 aliphatic heterocycles. The summed E-state index contributed by atoms with van der Waals surface area (Å²) in [5, 5.41) is 0. The van der Waals surface area contributed by atoms with E-state index in [1.807, 2.05) is 0 Å². The number of benzene rings is 1. The van der Waals surface area contributed by atoms with E-state index >= 15 is 0 Å². The zero-order chi connectivity index (χ0) is 15.1. The Labute approximate surface area is 132 Å². The number of amides is 1. The van der Waals surface area contributed by atoms with Crippen molar-refractivity contribution in [1.82, 2.24) is 9.80 Å². The molecule has 0 bridgehead atoms. The number of carbonyl (C=O) groups is 1. The van der Waals surface area contributed by atoms with Gasteiger partial charge in [0.15, 0.2) is 0 Å². The molecule has 0 N–H and O–H groups in total. The molecule has 4 rings (SSSR count). The van der Waals surface area contributed by atoms with Crippen molar-refractivity contribution < 1.29 is 9.53 Å². The molecule has 0 aromatic heterocycles. The van der Waals surface area contributed by atoms with E-state index < -0.39 is 0 Å². The average Bonchev–Trinajstić information content (AvgIpc) is 3.08. The molecule has 1 amide bonds. The Bertz CT molecular complexity index is 578. The molecule has 0 radical (unpaired) electrons. The quantitative estimate of drug-likeness (QED) is 0.855. The van der Waals surface area contributed by atoms with Gasteiger partial charge in [-0.3, -0.25) is 9.69 Å². The van der Waals surface area contributed by atoms with Gasteiger partial charge < -0.3 is 9.64 Å². The summed E-state index contributed by atoms with van der Waals surface area (Å²) in [6, 6.07) is 6.56. The predicted octanol–water partition coefficient (Wildman–Crippen LogP) is 1.92. The van der Waals surface area contributed by atoms with E-state index in [4.69, 9.17) is 4.74 Å². The molecule has 0 spiro atoms. The highest BCUT2D eigenvalue weighted by Crippen LogP contribution is 2.39. The molecule has 22 heavy (non-hydrogen) atoms. The van der Waals surface area contributed by atoms with Crippen LogP contribution in [0.3, 0.4) is 0 Å². The van der Waals surface area contributed by atoms with Crippen LogP contribution in [-0.4, -0.2) is 48.5 Å². The molecule has 118 valence electrons. The van der Waals surface area contributed by atoms with Crippen molar-refractivity contribution in [3.05, 3.63) is 29.3 Å². The first-order valence-electron chi connectivity index (χ1n) is 8.46. The van der Waals surface area contributed by atoms with Crippen LogP contribution in [0.5, 0.6) is 5.75 Å². The van der Waals surface area contributed by atoms with Gasteiger partial charge in [0.25, 0.3) is 0 Å². The molecule has 3 aliphatic rings. The molecule has 1 saturated heterocycles. The van der Waals surface area contributed by atoms with Crippen LogP contribution in [0.25, 0.3) is 0 Å². The largest absolute Gasteiger partial charge is 0.493 e. The van der Waals surface area contributed by atoms with Crippen LogP contribution in [0.4, 0.5) is 0 Å². The number of fused-ring (bicyclic) bond motifs is 1. The Hall–Kier alpha value is -1.55. The maximum Gasteiger partial charge on any atom is 0.226 e. The van der Waals surface area contributed by atoms with Crippen molar-refractivity contribution in [2.24, 2.45) is 11.8 Å². The number of rotatable bonds is 3. The number of piperazine rings is 1. The van der Waals surface area contributed by atoms with Gasteiger partial charge in [0.1, 0.15) is 5.75 Å². The second kappa shape index (κ2) is 5.58. The summed E-state index contributed by atoms with van der Waals surface area (Å²) in [4.78, 5) is 16.8. The third-order valence-electron chi connectivity index (χ3n) is 5.27. The molecular formula is C18H24N2O2. The first-order chi connectivity index (χ1) is 10.7. The third-order valence-corrected chi connectivity index (χ3v) is 5.27. The topological polar surface area (TPSA) is 32.8 Å². The monoisotopic (exact) mass is 300 g/mol. The molecule has 0 unspecified atom stereocenters. The predicted molar refractivity (Wildman–Crippen MR) is 84.8 cm³/mol. The van der Waals surface area contributed by atoms with Gasteiger partial charge in [-0.05, 0) is 29.5 Å². The number of hydrogen-bond donors (Lipinski definition) is 0. The van der Waals surface area contributed by atoms with Gasteiger partial charge >= 0.3 is 0 Å². The minimum absolute atomic E-state index is 0.322. The van der Waals surface area contributed by atoms with Crippen LogP contribution < -0.4 is 4.74 Å². The number of hydrogen-bond acceptors (Lipinski definition) is 3. The van der Waals surface area contributed by atoms with Crippen LogP contribution in [-0.2, 0) is 17.8 Å². The van der Waals surface area contributed by atoms with Crippen LogP contribution in [0.1, 0.15) is 24.5 Å². The van der Waals surface area contributed by atoms with Gasteiger partial charge in [0, 0.05) is 45.1 Å². The van der Waals surface area contributed by atoms with Gasteiger partial charge in [-0.15, -0.1) is 0 Å². The van der Waals surface area contributed by atoms with Crippen molar-refractivity contribution in [2.75, 3.05) is 32.8 Å². The Morgan fingerprint density at radius 2 is 2.05 bits per heavy atom. The Morgan fingerprint density at radius 3 is 2.77 bits per heavy atom. The van der Waals surface area contributed by atoms with E-state index in [-0.39, 0.29) is 0 Å². The highest BCUT2D eigenvalue weighted by molar-refractivity contribution is 5.81. The van der Waals surface area contributed by atoms with Gasteiger partial charge in [-0.25, -0.2) is 0 Å².